The maximum Gasteiger partial charge on any atom is 0.251 e. The Bertz CT molecular complexity index is 475. The van der Waals surface area contributed by atoms with Crippen molar-refractivity contribution in [1.29, 1.82) is 0 Å². The molecule has 2 N–H and O–H groups in total. The highest BCUT2D eigenvalue weighted by Gasteiger charge is 2.39. The zero-order valence-corrected chi connectivity index (χ0v) is 10.5. The van der Waals surface area contributed by atoms with Crippen LogP contribution in [-0.2, 0) is 4.74 Å². The quantitative estimate of drug-likeness (QED) is 0.869. The van der Waals surface area contributed by atoms with Crippen LogP contribution in [0.3, 0.4) is 0 Å². The first-order chi connectivity index (χ1) is 8.90. The van der Waals surface area contributed by atoms with E-state index >= 15 is 0 Å². The van der Waals surface area contributed by atoms with E-state index in [2.05, 4.69) is 5.32 Å². The summed E-state index contributed by atoms with van der Waals surface area (Å²) < 4.78 is 31.2. The highest BCUT2D eigenvalue weighted by Crippen LogP contribution is 2.24. The van der Waals surface area contributed by atoms with Crippen molar-refractivity contribution in [3.63, 3.8) is 0 Å². The highest BCUT2D eigenvalue weighted by atomic mass is 19.1. The Hall–Kier alpha value is -1.53. The molecule has 1 amide bonds. The molecule has 4 nitrogen and oxygen atoms in total. The van der Waals surface area contributed by atoms with Gasteiger partial charge in [0, 0.05) is 31.2 Å². The molecule has 0 aromatic heterocycles. The normalized spacial score (nSPS) is 26.4. The van der Waals surface area contributed by atoms with E-state index in [-0.39, 0.29) is 12.1 Å². The van der Waals surface area contributed by atoms with E-state index in [1.807, 2.05) is 0 Å². The minimum atomic E-state index is -1.14. The van der Waals surface area contributed by atoms with Gasteiger partial charge in [-0.25, -0.2) is 8.78 Å². The Morgan fingerprint density at radius 2 is 2.11 bits per heavy atom. The van der Waals surface area contributed by atoms with Crippen molar-refractivity contribution in [2.45, 2.75) is 25.0 Å². The fraction of sp³-hybridized carbons (Fsp3) is 0.462. The molecule has 0 radical (unpaired) electrons. The van der Waals surface area contributed by atoms with E-state index < -0.39 is 29.2 Å². The van der Waals surface area contributed by atoms with Crippen LogP contribution in [0.4, 0.5) is 8.78 Å². The summed E-state index contributed by atoms with van der Waals surface area (Å²) >= 11 is 0. The molecule has 6 heteroatoms. The van der Waals surface area contributed by atoms with E-state index in [1.54, 1.807) is 6.92 Å². The topological polar surface area (TPSA) is 58.6 Å². The van der Waals surface area contributed by atoms with Gasteiger partial charge in [-0.05, 0) is 19.1 Å². The van der Waals surface area contributed by atoms with Gasteiger partial charge in [-0.1, -0.05) is 0 Å². The molecule has 2 rings (SSSR count). The third-order valence-corrected chi connectivity index (χ3v) is 3.34. The van der Waals surface area contributed by atoms with Gasteiger partial charge in [0.25, 0.3) is 5.91 Å². The van der Waals surface area contributed by atoms with Gasteiger partial charge in [0.15, 0.2) is 0 Å². The molecule has 1 saturated heterocycles. The largest absolute Gasteiger partial charge is 0.385 e. The van der Waals surface area contributed by atoms with Gasteiger partial charge in [-0.2, -0.15) is 0 Å². The van der Waals surface area contributed by atoms with Crippen LogP contribution in [0, 0.1) is 11.6 Å². The van der Waals surface area contributed by atoms with Crippen molar-refractivity contribution < 1.29 is 23.4 Å². The maximum atomic E-state index is 13.0. The minimum absolute atomic E-state index is 0.0227. The third kappa shape index (κ3) is 3.08. The van der Waals surface area contributed by atoms with Gasteiger partial charge in [-0.15, -0.1) is 0 Å². The van der Waals surface area contributed by atoms with Gasteiger partial charge >= 0.3 is 0 Å². The van der Waals surface area contributed by atoms with Crippen molar-refractivity contribution in [2.24, 2.45) is 0 Å². The molecule has 0 saturated carbocycles. The number of nitrogens with one attached hydrogen (secondary N) is 1. The van der Waals surface area contributed by atoms with Crippen molar-refractivity contribution >= 4 is 5.91 Å². The fourth-order valence-corrected chi connectivity index (χ4v) is 2.02. The summed E-state index contributed by atoms with van der Waals surface area (Å²) in [7, 11) is 0. The van der Waals surface area contributed by atoms with Gasteiger partial charge < -0.3 is 15.2 Å². The molecule has 1 heterocycles. The Kier molecular flexibility index (Phi) is 3.82. The Balaban J connectivity index is 2.01. The third-order valence-electron chi connectivity index (χ3n) is 3.34. The van der Waals surface area contributed by atoms with Crippen LogP contribution in [-0.4, -0.2) is 35.9 Å². The van der Waals surface area contributed by atoms with Crippen LogP contribution in [0.2, 0.25) is 0 Å². The highest BCUT2D eigenvalue weighted by molar-refractivity contribution is 5.94. The number of rotatable bonds is 3. The smallest absolute Gasteiger partial charge is 0.251 e. The molecule has 1 aliphatic rings. The monoisotopic (exact) mass is 271 g/mol. The lowest BCUT2D eigenvalue weighted by molar-refractivity contribution is -0.0251. The number of ether oxygens (including phenoxy) is 1. The molecule has 0 spiro atoms. The number of carbonyl (C=O) groups excluding carboxylic acids is 1. The van der Waals surface area contributed by atoms with E-state index in [0.29, 0.717) is 19.1 Å². The van der Waals surface area contributed by atoms with Crippen LogP contribution in [0.15, 0.2) is 18.2 Å². The summed E-state index contributed by atoms with van der Waals surface area (Å²) in [5.41, 5.74) is -1.26. The second-order valence-corrected chi connectivity index (χ2v) is 4.71. The van der Waals surface area contributed by atoms with Crippen molar-refractivity contribution in [2.75, 3.05) is 13.2 Å². The molecule has 2 unspecified atom stereocenters. The number of halogens is 2. The maximum absolute atomic E-state index is 13.0. The molecular formula is C13H15F2NO3. The first kappa shape index (κ1) is 13.9. The lowest BCUT2D eigenvalue weighted by atomic mass is 9.96. The Labute approximate surface area is 109 Å². The number of hydrogen-bond acceptors (Lipinski definition) is 3. The van der Waals surface area contributed by atoms with Gasteiger partial charge in [0.1, 0.15) is 17.2 Å². The number of amides is 1. The second-order valence-electron chi connectivity index (χ2n) is 4.71. The van der Waals surface area contributed by atoms with Crippen LogP contribution >= 0.6 is 0 Å². The van der Waals surface area contributed by atoms with Gasteiger partial charge in [0.2, 0.25) is 0 Å². The molecule has 1 aliphatic heterocycles. The van der Waals surface area contributed by atoms with Crippen molar-refractivity contribution in [1.82, 2.24) is 5.32 Å². The SMILES string of the molecule is CC1OCCC1(O)CNC(=O)c1cc(F)cc(F)c1. The minimum Gasteiger partial charge on any atom is -0.385 e. The van der Waals surface area contributed by atoms with Crippen LogP contribution in [0.1, 0.15) is 23.7 Å². The van der Waals surface area contributed by atoms with Crippen LogP contribution in [0.5, 0.6) is 0 Å². The summed E-state index contributed by atoms with van der Waals surface area (Å²) in [4.78, 5) is 11.8. The summed E-state index contributed by atoms with van der Waals surface area (Å²) in [5, 5.41) is 12.6. The van der Waals surface area contributed by atoms with E-state index in [1.165, 1.54) is 0 Å². The average molecular weight is 271 g/mol. The number of benzene rings is 1. The first-order valence-electron chi connectivity index (χ1n) is 5.99. The average Bonchev–Trinajstić information content (AvgIpc) is 2.66. The standard InChI is InChI=1S/C13H15F2NO3/c1-8-13(18,2-3-19-8)7-16-12(17)9-4-10(14)6-11(15)5-9/h4-6,8,18H,2-3,7H2,1H3,(H,16,17). The molecule has 0 aliphatic carbocycles. The van der Waals surface area contributed by atoms with Gasteiger partial charge in [-0.3, -0.25) is 4.79 Å². The fourth-order valence-electron chi connectivity index (χ4n) is 2.02. The van der Waals surface area contributed by atoms with E-state index in [4.69, 9.17) is 4.74 Å². The molecule has 104 valence electrons. The molecule has 0 bridgehead atoms. The van der Waals surface area contributed by atoms with Crippen molar-refractivity contribution in [3.05, 3.63) is 35.4 Å². The lowest BCUT2D eigenvalue weighted by Gasteiger charge is -2.26. The first-order valence-corrected chi connectivity index (χ1v) is 5.99. The Morgan fingerprint density at radius 1 is 1.47 bits per heavy atom. The van der Waals surface area contributed by atoms with Crippen LogP contribution in [0.25, 0.3) is 0 Å². The number of hydrogen-bond donors (Lipinski definition) is 2. The zero-order chi connectivity index (χ0) is 14.0. The Morgan fingerprint density at radius 3 is 2.63 bits per heavy atom. The molecule has 1 aromatic carbocycles. The summed E-state index contributed by atoms with van der Waals surface area (Å²) in [5.74, 6) is -2.27. The second kappa shape index (κ2) is 5.22. The number of carbonyl (C=O) groups is 1. The molecule has 2 atom stereocenters. The summed E-state index contributed by atoms with van der Waals surface area (Å²) in [6, 6.07) is 2.57. The van der Waals surface area contributed by atoms with Gasteiger partial charge in [0.05, 0.1) is 6.10 Å². The van der Waals surface area contributed by atoms with Crippen LogP contribution < -0.4 is 5.32 Å². The molecule has 1 aromatic rings. The predicted molar refractivity (Wildman–Crippen MR) is 63.7 cm³/mol. The van der Waals surface area contributed by atoms with Crippen molar-refractivity contribution in [3.8, 4) is 0 Å². The lowest BCUT2D eigenvalue weighted by Crippen LogP contribution is -2.47. The summed E-state index contributed by atoms with van der Waals surface area (Å²) in [6.45, 7) is 2.11. The summed E-state index contributed by atoms with van der Waals surface area (Å²) in [6.07, 6.45) is 0.0171. The molecular weight excluding hydrogens is 256 g/mol. The van der Waals surface area contributed by atoms with E-state index in [9.17, 15) is 18.7 Å². The zero-order valence-electron chi connectivity index (χ0n) is 10.5. The molecule has 19 heavy (non-hydrogen) atoms. The predicted octanol–water partition coefficient (Wildman–Crippen LogP) is 1.23. The van der Waals surface area contributed by atoms with E-state index in [0.717, 1.165) is 12.1 Å². The number of aliphatic hydroxyl groups is 1. The molecule has 1 fully saturated rings.